The summed E-state index contributed by atoms with van der Waals surface area (Å²) in [5.41, 5.74) is 0. The Bertz CT molecular complexity index is 367. The van der Waals surface area contributed by atoms with Crippen LogP contribution in [0.5, 0.6) is 0 Å². The van der Waals surface area contributed by atoms with Crippen molar-refractivity contribution in [3.8, 4) is 0 Å². The molecular weight excluding hydrogens is 180 g/mol. The van der Waals surface area contributed by atoms with E-state index < -0.39 is 0 Å². The van der Waals surface area contributed by atoms with Crippen LogP contribution in [0.1, 0.15) is 6.42 Å². The van der Waals surface area contributed by atoms with Gasteiger partial charge in [-0.2, -0.15) is 0 Å². The summed E-state index contributed by atoms with van der Waals surface area (Å²) in [6.07, 6.45) is 1.30. The summed E-state index contributed by atoms with van der Waals surface area (Å²) in [6.45, 7) is 0. The van der Waals surface area contributed by atoms with Crippen LogP contribution in [0.15, 0.2) is 0 Å². The van der Waals surface area contributed by atoms with Gasteiger partial charge in [0.25, 0.3) is 0 Å². The van der Waals surface area contributed by atoms with Gasteiger partial charge in [0, 0.05) is 0 Å². The second-order valence-corrected chi connectivity index (χ2v) is 5.66. The van der Waals surface area contributed by atoms with E-state index >= 15 is 0 Å². The van der Waals surface area contributed by atoms with Gasteiger partial charge in [-0.05, 0) is 41.9 Å². The first-order chi connectivity index (χ1) is 6.79. The van der Waals surface area contributed by atoms with E-state index in [1.165, 1.54) is 6.42 Å². The van der Waals surface area contributed by atoms with Crippen molar-refractivity contribution in [2.75, 3.05) is 0 Å². The molecular formula is C11H10O3. The predicted octanol–water partition coefficient (Wildman–Crippen LogP) is 0.444. The quantitative estimate of drug-likeness (QED) is 0.411. The number of rotatable bonds is 0. The molecule has 0 aromatic rings. The summed E-state index contributed by atoms with van der Waals surface area (Å²) in [5.74, 6) is 3.85. The number of hydrogen-bond acceptors (Lipinski definition) is 3. The Hall–Kier alpha value is -0.860. The van der Waals surface area contributed by atoms with Gasteiger partial charge in [0.05, 0.1) is 11.8 Å². The molecule has 3 nitrogen and oxygen atoms in total. The summed E-state index contributed by atoms with van der Waals surface area (Å²) in [5, 5.41) is 0. The fourth-order valence-corrected chi connectivity index (χ4v) is 5.62. The first-order valence-corrected chi connectivity index (χ1v) is 5.54. The molecule has 1 aliphatic heterocycles. The van der Waals surface area contributed by atoms with Crippen LogP contribution in [0.4, 0.5) is 0 Å². The number of cyclic esters (lactones) is 2. The first-order valence-electron chi connectivity index (χ1n) is 5.54. The Morgan fingerprint density at radius 2 is 1.36 bits per heavy atom. The summed E-state index contributed by atoms with van der Waals surface area (Å²) in [4.78, 5) is 23.1. The van der Waals surface area contributed by atoms with Crippen LogP contribution in [0.25, 0.3) is 0 Å². The monoisotopic (exact) mass is 190 g/mol. The molecule has 0 spiro atoms. The molecule has 6 aliphatic rings. The van der Waals surface area contributed by atoms with Crippen LogP contribution in [0, 0.1) is 47.3 Å². The number of esters is 2. The summed E-state index contributed by atoms with van der Waals surface area (Å²) >= 11 is 0. The van der Waals surface area contributed by atoms with Gasteiger partial charge in [-0.1, -0.05) is 0 Å². The molecule has 6 fully saturated rings. The Balaban J connectivity index is 1.74. The molecule has 1 saturated heterocycles. The fraction of sp³-hybridized carbons (Fsp3) is 0.818. The molecule has 14 heavy (non-hydrogen) atoms. The molecule has 6 bridgehead atoms. The zero-order chi connectivity index (χ0) is 9.19. The maximum absolute atomic E-state index is 11.5. The highest BCUT2D eigenvalue weighted by molar-refractivity contribution is 5.98. The number of ether oxygens (including phenoxy) is 1. The van der Waals surface area contributed by atoms with Crippen molar-refractivity contribution in [1.82, 2.24) is 0 Å². The SMILES string of the molecule is O=C1OC(=O)[C@H]2C3C4CC5C(C53)C4[C@@H]12. The van der Waals surface area contributed by atoms with E-state index in [2.05, 4.69) is 0 Å². The third-order valence-corrected chi connectivity index (χ3v) is 5.68. The van der Waals surface area contributed by atoms with Crippen molar-refractivity contribution < 1.29 is 14.3 Å². The second kappa shape index (κ2) is 1.55. The third-order valence-electron chi connectivity index (χ3n) is 5.68. The molecule has 0 aromatic carbocycles. The van der Waals surface area contributed by atoms with Gasteiger partial charge in [0.1, 0.15) is 0 Å². The van der Waals surface area contributed by atoms with Gasteiger partial charge >= 0.3 is 11.9 Å². The highest BCUT2D eigenvalue weighted by Crippen LogP contribution is 2.84. The standard InChI is InChI=1S/C11H10O3/c12-10-8-6-3-1-2-4(6)5(2)7(3)9(8)11(13)14-10/h2-9H,1H2/t2?,3?,4?,5?,6?,7?,8-,9+. The molecule has 0 amide bonds. The number of carbonyl (C=O) groups is 2. The van der Waals surface area contributed by atoms with E-state index in [0.29, 0.717) is 17.8 Å². The molecule has 0 aromatic heterocycles. The Labute approximate surface area is 80.8 Å². The molecule has 0 radical (unpaired) electrons. The summed E-state index contributed by atoms with van der Waals surface area (Å²) in [7, 11) is 0. The molecule has 5 saturated carbocycles. The summed E-state index contributed by atoms with van der Waals surface area (Å²) < 4.78 is 4.77. The number of hydrogen-bond donors (Lipinski definition) is 0. The minimum Gasteiger partial charge on any atom is -0.393 e. The van der Waals surface area contributed by atoms with Crippen molar-refractivity contribution in [2.45, 2.75) is 6.42 Å². The molecule has 5 aliphatic carbocycles. The normalized spacial score (nSPS) is 70.0. The Kier molecular flexibility index (Phi) is 0.732. The lowest BCUT2D eigenvalue weighted by Crippen LogP contribution is -2.26. The van der Waals surface area contributed by atoms with Crippen molar-refractivity contribution >= 4 is 11.9 Å². The van der Waals surface area contributed by atoms with E-state index in [1.807, 2.05) is 0 Å². The molecule has 8 atom stereocenters. The van der Waals surface area contributed by atoms with Gasteiger partial charge in [-0.25, -0.2) is 0 Å². The Morgan fingerprint density at radius 3 is 1.86 bits per heavy atom. The summed E-state index contributed by atoms with van der Waals surface area (Å²) in [6, 6.07) is 0. The molecule has 72 valence electrons. The van der Waals surface area contributed by atoms with E-state index in [-0.39, 0.29) is 23.8 Å². The largest absolute Gasteiger partial charge is 0.393 e. The van der Waals surface area contributed by atoms with Crippen molar-refractivity contribution in [3.05, 3.63) is 0 Å². The van der Waals surface area contributed by atoms with Gasteiger partial charge in [-0.15, -0.1) is 0 Å². The molecule has 6 rings (SSSR count). The Morgan fingerprint density at radius 1 is 0.857 bits per heavy atom. The van der Waals surface area contributed by atoms with Gasteiger partial charge in [0.2, 0.25) is 0 Å². The van der Waals surface area contributed by atoms with E-state index in [0.717, 1.165) is 17.8 Å². The fourth-order valence-electron chi connectivity index (χ4n) is 5.62. The first kappa shape index (κ1) is 6.59. The number of carbonyl (C=O) groups excluding carboxylic acids is 2. The van der Waals surface area contributed by atoms with Gasteiger partial charge < -0.3 is 4.74 Å². The maximum Gasteiger partial charge on any atom is 0.317 e. The average molecular weight is 190 g/mol. The van der Waals surface area contributed by atoms with Gasteiger partial charge in [0.15, 0.2) is 0 Å². The minimum absolute atomic E-state index is 0.0220. The maximum atomic E-state index is 11.5. The lowest BCUT2D eigenvalue weighted by molar-refractivity contribution is -0.155. The van der Waals surface area contributed by atoms with Crippen molar-refractivity contribution in [1.29, 1.82) is 0 Å². The smallest absolute Gasteiger partial charge is 0.317 e. The minimum atomic E-state index is -0.205. The van der Waals surface area contributed by atoms with Crippen LogP contribution in [-0.4, -0.2) is 11.9 Å². The van der Waals surface area contributed by atoms with E-state index in [9.17, 15) is 9.59 Å². The van der Waals surface area contributed by atoms with Crippen LogP contribution in [0.3, 0.4) is 0 Å². The number of fused-ring (bicyclic) bond motifs is 1. The van der Waals surface area contributed by atoms with Crippen LogP contribution in [-0.2, 0) is 14.3 Å². The van der Waals surface area contributed by atoms with Crippen molar-refractivity contribution in [3.63, 3.8) is 0 Å². The van der Waals surface area contributed by atoms with Crippen LogP contribution >= 0.6 is 0 Å². The average Bonchev–Trinajstić information content (AvgIpc) is 2.60. The lowest BCUT2D eigenvalue weighted by Gasteiger charge is -2.17. The van der Waals surface area contributed by atoms with Gasteiger partial charge in [-0.3, -0.25) is 9.59 Å². The second-order valence-electron chi connectivity index (χ2n) is 5.66. The third kappa shape index (κ3) is 0.406. The molecule has 0 N–H and O–H groups in total. The highest BCUT2D eigenvalue weighted by Gasteiger charge is 2.83. The van der Waals surface area contributed by atoms with E-state index in [4.69, 9.17) is 4.74 Å². The molecule has 1 heterocycles. The highest BCUT2D eigenvalue weighted by atomic mass is 16.6. The lowest BCUT2D eigenvalue weighted by atomic mass is 9.81. The molecule has 6 unspecified atom stereocenters. The zero-order valence-corrected chi connectivity index (χ0v) is 7.55. The predicted molar refractivity (Wildman–Crippen MR) is 43.6 cm³/mol. The molecule has 3 heteroatoms. The van der Waals surface area contributed by atoms with Crippen LogP contribution < -0.4 is 0 Å². The zero-order valence-electron chi connectivity index (χ0n) is 7.55. The van der Waals surface area contributed by atoms with Crippen molar-refractivity contribution in [2.24, 2.45) is 47.3 Å². The van der Waals surface area contributed by atoms with E-state index in [1.54, 1.807) is 0 Å². The van der Waals surface area contributed by atoms with Crippen LogP contribution in [0.2, 0.25) is 0 Å². The topological polar surface area (TPSA) is 43.4 Å².